The number of imidazole rings is 1. The molecular formula is C32H34N10O7. The minimum absolute atomic E-state index is 0.00407. The Kier molecular flexibility index (Phi) is 11.2. The molecule has 0 saturated carbocycles. The molecule has 0 unspecified atom stereocenters. The summed E-state index contributed by atoms with van der Waals surface area (Å²) in [5.74, 6) is 2.27. The van der Waals surface area contributed by atoms with E-state index in [-0.39, 0.29) is 11.4 Å². The summed E-state index contributed by atoms with van der Waals surface area (Å²) in [7, 11) is 0. The van der Waals surface area contributed by atoms with Crippen LogP contribution in [0, 0.1) is 20.2 Å². The monoisotopic (exact) mass is 670 g/mol. The van der Waals surface area contributed by atoms with E-state index in [9.17, 15) is 25.0 Å². The number of rotatable bonds is 6. The third-order valence-corrected chi connectivity index (χ3v) is 7.60. The van der Waals surface area contributed by atoms with Gasteiger partial charge in [0.2, 0.25) is 0 Å². The summed E-state index contributed by atoms with van der Waals surface area (Å²) < 4.78 is 10.6. The van der Waals surface area contributed by atoms with Gasteiger partial charge < -0.3 is 35.7 Å². The fraction of sp³-hybridized carbons (Fsp3) is 0.250. The molecule has 0 atom stereocenters. The van der Waals surface area contributed by atoms with E-state index in [0.717, 1.165) is 67.6 Å². The predicted molar refractivity (Wildman–Crippen MR) is 184 cm³/mol. The molecule has 0 radical (unpaired) electrons. The van der Waals surface area contributed by atoms with Gasteiger partial charge in [-0.3, -0.25) is 25.0 Å². The summed E-state index contributed by atoms with van der Waals surface area (Å²) in [6, 6.07) is 15.3. The molecule has 0 amide bonds. The Bertz CT molecular complexity index is 1890. The molecule has 254 valence electrons. The zero-order valence-electron chi connectivity index (χ0n) is 26.3. The van der Waals surface area contributed by atoms with Crippen LogP contribution in [0.15, 0.2) is 73.1 Å². The highest BCUT2D eigenvalue weighted by molar-refractivity contribution is 5.88. The lowest BCUT2D eigenvalue weighted by Crippen LogP contribution is -2.37. The van der Waals surface area contributed by atoms with Crippen molar-refractivity contribution in [1.29, 1.82) is 0 Å². The summed E-state index contributed by atoms with van der Waals surface area (Å²) >= 11 is 0. The number of aromatic nitrogens is 4. The zero-order valence-corrected chi connectivity index (χ0v) is 26.3. The molecule has 5 aromatic rings. The Labute approximate surface area is 279 Å². The Balaban J connectivity index is 0.000000159. The third kappa shape index (κ3) is 8.59. The number of nitrogen functional groups attached to an aromatic ring is 2. The Morgan fingerprint density at radius 1 is 0.735 bits per heavy atom. The van der Waals surface area contributed by atoms with Gasteiger partial charge in [-0.25, -0.2) is 15.0 Å². The van der Waals surface area contributed by atoms with Crippen molar-refractivity contribution in [2.45, 2.75) is 0 Å². The van der Waals surface area contributed by atoms with E-state index in [1.807, 2.05) is 6.07 Å². The van der Waals surface area contributed by atoms with Gasteiger partial charge in [-0.1, -0.05) is 0 Å². The van der Waals surface area contributed by atoms with Crippen LogP contribution in [-0.4, -0.2) is 88.7 Å². The van der Waals surface area contributed by atoms with E-state index in [2.05, 4.69) is 29.7 Å². The normalized spacial score (nSPS) is 14.2. The van der Waals surface area contributed by atoms with Gasteiger partial charge in [0.15, 0.2) is 11.6 Å². The smallest absolute Gasteiger partial charge is 0.269 e. The van der Waals surface area contributed by atoms with Crippen molar-refractivity contribution in [3.8, 4) is 11.4 Å². The standard InChI is InChI=1S/C16H15N5O3.C9H14N4O.C7H5NO3/c22-21(23)12-3-1-11(2-4-12)15-18-13-5-6-17-16(14(13)19-15)20-7-9-24-10-8-20;10-7-1-2-12-9(8(7)11)13-3-5-14-6-4-13;9-5-6-1-3-7(4-2-6)8(10)11/h1-6H,7-10H2,(H,18,19);1-2H,3-6,11H2,(H2,10,12);1-5H. The molecule has 2 fully saturated rings. The maximum absolute atomic E-state index is 10.8. The molecule has 2 aliphatic heterocycles. The van der Waals surface area contributed by atoms with Gasteiger partial charge in [-0.15, -0.1) is 0 Å². The second-order valence-electron chi connectivity index (χ2n) is 10.7. The zero-order chi connectivity index (χ0) is 34.8. The summed E-state index contributed by atoms with van der Waals surface area (Å²) in [5, 5.41) is 20.9. The summed E-state index contributed by atoms with van der Waals surface area (Å²) in [6.45, 7) is 6.00. The second kappa shape index (κ2) is 16.1. The number of aldehydes is 1. The fourth-order valence-corrected chi connectivity index (χ4v) is 4.98. The molecule has 17 nitrogen and oxygen atoms in total. The molecule has 7 rings (SSSR count). The summed E-state index contributed by atoms with van der Waals surface area (Å²) in [5.41, 5.74) is 15.7. The van der Waals surface area contributed by atoms with Crippen LogP contribution < -0.4 is 21.3 Å². The Hall–Kier alpha value is -6.20. The van der Waals surface area contributed by atoms with Gasteiger partial charge in [0.05, 0.1) is 53.2 Å². The highest BCUT2D eigenvalue weighted by atomic mass is 16.6. The van der Waals surface area contributed by atoms with Gasteiger partial charge >= 0.3 is 0 Å². The van der Waals surface area contributed by atoms with E-state index in [0.29, 0.717) is 42.3 Å². The lowest BCUT2D eigenvalue weighted by molar-refractivity contribution is -0.385. The first-order valence-corrected chi connectivity index (χ1v) is 15.2. The number of ether oxygens (including phenoxy) is 2. The number of nitro groups is 2. The van der Waals surface area contributed by atoms with Crippen LogP contribution in [-0.2, 0) is 9.47 Å². The molecule has 0 aliphatic carbocycles. The number of hydrogen-bond acceptors (Lipinski definition) is 14. The maximum Gasteiger partial charge on any atom is 0.269 e. The molecule has 2 aliphatic rings. The van der Waals surface area contributed by atoms with Crippen molar-refractivity contribution in [2.24, 2.45) is 0 Å². The minimum Gasteiger partial charge on any atom is -0.397 e. The van der Waals surface area contributed by atoms with E-state index >= 15 is 0 Å². The summed E-state index contributed by atoms with van der Waals surface area (Å²) in [6.07, 6.45) is 4.07. The number of carbonyl (C=O) groups excluding carboxylic acids is 1. The second-order valence-corrected chi connectivity index (χ2v) is 10.7. The first-order chi connectivity index (χ1) is 23.7. The number of carbonyl (C=O) groups is 1. The number of pyridine rings is 2. The molecule has 17 heteroatoms. The van der Waals surface area contributed by atoms with Gasteiger partial charge in [0.1, 0.15) is 17.6 Å². The first-order valence-electron chi connectivity index (χ1n) is 15.2. The van der Waals surface area contributed by atoms with E-state index in [1.54, 1.807) is 30.6 Å². The quantitative estimate of drug-likeness (QED) is 0.132. The van der Waals surface area contributed by atoms with Crippen LogP contribution in [0.4, 0.5) is 34.4 Å². The third-order valence-electron chi connectivity index (χ3n) is 7.60. The van der Waals surface area contributed by atoms with Crippen LogP contribution in [0.3, 0.4) is 0 Å². The molecule has 2 saturated heterocycles. The van der Waals surface area contributed by atoms with Crippen LogP contribution >= 0.6 is 0 Å². The van der Waals surface area contributed by atoms with Crippen LogP contribution in [0.1, 0.15) is 10.4 Å². The largest absolute Gasteiger partial charge is 0.397 e. The number of aromatic amines is 1. The van der Waals surface area contributed by atoms with Gasteiger partial charge in [0.25, 0.3) is 11.4 Å². The highest BCUT2D eigenvalue weighted by Crippen LogP contribution is 2.28. The van der Waals surface area contributed by atoms with E-state index < -0.39 is 9.85 Å². The molecule has 5 N–H and O–H groups in total. The number of nitro benzene ring substituents is 2. The highest BCUT2D eigenvalue weighted by Gasteiger charge is 2.19. The van der Waals surface area contributed by atoms with E-state index in [4.69, 9.17) is 20.9 Å². The van der Waals surface area contributed by atoms with Crippen molar-refractivity contribution in [3.05, 3.63) is 98.8 Å². The minimum atomic E-state index is -0.505. The number of hydrogen-bond donors (Lipinski definition) is 3. The van der Waals surface area contributed by atoms with Crippen molar-refractivity contribution in [2.75, 3.05) is 73.9 Å². The molecule has 49 heavy (non-hydrogen) atoms. The SMILES string of the molecule is Nc1ccnc(N2CCOCC2)c1N.O=Cc1ccc([N+](=O)[O-])cc1.O=[N+]([O-])c1ccc(-c2nc3c(N4CCOCC4)nccc3[nH]2)cc1. The molecular weight excluding hydrogens is 636 g/mol. The van der Waals surface area contributed by atoms with Crippen molar-refractivity contribution < 1.29 is 24.1 Å². The number of morpholine rings is 2. The number of nitrogens with one attached hydrogen (secondary N) is 1. The van der Waals surface area contributed by atoms with Crippen LogP contribution in [0.5, 0.6) is 0 Å². The predicted octanol–water partition coefficient (Wildman–Crippen LogP) is 3.86. The van der Waals surface area contributed by atoms with E-state index in [1.165, 1.54) is 36.4 Å². The van der Waals surface area contributed by atoms with Crippen LogP contribution in [0.2, 0.25) is 0 Å². The average molecular weight is 671 g/mol. The Morgan fingerprint density at radius 3 is 1.80 bits per heavy atom. The first kappa shape index (κ1) is 34.1. The fourth-order valence-electron chi connectivity index (χ4n) is 4.98. The number of nitrogens with two attached hydrogens (primary N) is 2. The topological polar surface area (TPSA) is 235 Å². The van der Waals surface area contributed by atoms with Crippen molar-refractivity contribution >= 4 is 51.7 Å². The number of H-pyrrole nitrogens is 1. The molecule has 5 heterocycles. The Morgan fingerprint density at radius 2 is 1.24 bits per heavy atom. The van der Waals surface area contributed by atoms with Crippen LogP contribution in [0.25, 0.3) is 22.4 Å². The molecule has 2 aromatic carbocycles. The molecule has 0 spiro atoms. The number of anilines is 4. The maximum atomic E-state index is 10.8. The summed E-state index contributed by atoms with van der Waals surface area (Å²) in [4.78, 5) is 51.0. The number of fused-ring (bicyclic) bond motifs is 1. The van der Waals surface area contributed by atoms with Gasteiger partial charge in [-0.2, -0.15) is 0 Å². The number of benzene rings is 2. The average Bonchev–Trinajstić information content (AvgIpc) is 3.59. The number of non-ortho nitro benzene ring substituents is 2. The lowest BCUT2D eigenvalue weighted by atomic mass is 10.2. The van der Waals surface area contributed by atoms with Crippen molar-refractivity contribution in [3.63, 3.8) is 0 Å². The van der Waals surface area contributed by atoms with Gasteiger partial charge in [-0.05, 0) is 36.4 Å². The van der Waals surface area contributed by atoms with Crippen molar-refractivity contribution in [1.82, 2.24) is 19.9 Å². The number of nitrogens with zero attached hydrogens (tertiary/aromatic N) is 7. The van der Waals surface area contributed by atoms with Gasteiger partial charge in [0, 0.05) is 74.0 Å². The lowest BCUT2D eigenvalue weighted by Gasteiger charge is -2.28. The molecule has 3 aromatic heterocycles. The molecule has 0 bridgehead atoms.